The minimum Gasteiger partial charge on any atom is -0.386 e. The van der Waals surface area contributed by atoms with Crippen molar-refractivity contribution in [3.63, 3.8) is 0 Å². The van der Waals surface area contributed by atoms with Gasteiger partial charge in [-0.2, -0.15) is 0 Å². The average Bonchev–Trinajstić information content (AvgIpc) is 2.25. The number of halogens is 2. The summed E-state index contributed by atoms with van der Waals surface area (Å²) in [5.74, 6) is 0.116. The summed E-state index contributed by atoms with van der Waals surface area (Å²) in [4.78, 5) is 4.22. The number of ether oxygens (including phenoxy) is 1. The maximum absolute atomic E-state index is 10.1. The zero-order chi connectivity index (χ0) is 12.1. The van der Waals surface area contributed by atoms with Gasteiger partial charge in [0.1, 0.15) is 0 Å². The van der Waals surface area contributed by atoms with Crippen molar-refractivity contribution in [3.05, 3.63) is 26.9 Å². The molecule has 0 aliphatic carbocycles. The fourth-order valence-corrected chi connectivity index (χ4v) is 2.60. The third kappa shape index (κ3) is 3.80. The molecule has 90 valence electrons. The SMILES string of the molecule is COCCC(C)C(O)c1ncc(Br)cc1Br. The number of aliphatic hydroxyl groups is 1. The van der Waals surface area contributed by atoms with Crippen molar-refractivity contribution in [1.29, 1.82) is 0 Å². The summed E-state index contributed by atoms with van der Waals surface area (Å²) < 4.78 is 6.70. The Labute approximate surface area is 112 Å². The fraction of sp³-hybridized carbons (Fsp3) is 0.545. The van der Waals surface area contributed by atoms with E-state index in [1.165, 1.54) is 0 Å². The molecule has 2 atom stereocenters. The van der Waals surface area contributed by atoms with Crippen LogP contribution in [0, 0.1) is 5.92 Å². The number of aliphatic hydroxyl groups excluding tert-OH is 1. The monoisotopic (exact) mass is 351 g/mol. The highest BCUT2D eigenvalue weighted by Gasteiger charge is 2.20. The van der Waals surface area contributed by atoms with Crippen LogP contribution >= 0.6 is 31.9 Å². The second-order valence-corrected chi connectivity index (χ2v) is 5.49. The Morgan fingerprint density at radius 1 is 1.50 bits per heavy atom. The van der Waals surface area contributed by atoms with Gasteiger partial charge in [-0.15, -0.1) is 0 Å². The second kappa shape index (κ2) is 6.69. The Balaban J connectivity index is 2.75. The molecule has 0 aliphatic heterocycles. The highest BCUT2D eigenvalue weighted by Crippen LogP contribution is 2.30. The Kier molecular flexibility index (Phi) is 5.89. The molecule has 1 rings (SSSR count). The van der Waals surface area contributed by atoms with Crippen LogP contribution < -0.4 is 0 Å². The van der Waals surface area contributed by atoms with E-state index in [9.17, 15) is 5.11 Å². The molecule has 5 heteroatoms. The zero-order valence-electron chi connectivity index (χ0n) is 9.28. The van der Waals surface area contributed by atoms with E-state index in [0.717, 1.165) is 15.4 Å². The molecular weight excluding hydrogens is 338 g/mol. The number of pyridine rings is 1. The molecule has 16 heavy (non-hydrogen) atoms. The molecule has 2 unspecified atom stereocenters. The molecule has 0 aliphatic rings. The van der Waals surface area contributed by atoms with Gasteiger partial charge in [0.15, 0.2) is 0 Å². The van der Waals surface area contributed by atoms with Gasteiger partial charge in [-0.1, -0.05) is 6.92 Å². The summed E-state index contributed by atoms with van der Waals surface area (Å²) in [6, 6.07) is 1.88. The lowest BCUT2D eigenvalue weighted by molar-refractivity contribution is 0.0849. The Hall–Kier alpha value is 0.0300. The van der Waals surface area contributed by atoms with E-state index in [4.69, 9.17) is 4.74 Å². The lowest BCUT2D eigenvalue weighted by Gasteiger charge is -2.19. The number of nitrogens with zero attached hydrogens (tertiary/aromatic N) is 1. The van der Waals surface area contributed by atoms with E-state index >= 15 is 0 Å². The molecule has 0 radical (unpaired) electrons. The Morgan fingerprint density at radius 2 is 2.19 bits per heavy atom. The summed E-state index contributed by atoms with van der Waals surface area (Å²) in [6.45, 7) is 2.63. The van der Waals surface area contributed by atoms with Gasteiger partial charge >= 0.3 is 0 Å². The second-order valence-electron chi connectivity index (χ2n) is 3.72. The van der Waals surface area contributed by atoms with Gasteiger partial charge in [-0.3, -0.25) is 4.98 Å². The lowest BCUT2D eigenvalue weighted by atomic mass is 9.98. The summed E-state index contributed by atoms with van der Waals surface area (Å²) >= 11 is 6.73. The first-order valence-electron chi connectivity index (χ1n) is 5.04. The standard InChI is InChI=1S/C11H15Br2NO2/c1-7(3-4-16-2)11(15)10-9(13)5-8(12)6-14-10/h5-7,11,15H,3-4H2,1-2H3. The number of hydrogen-bond acceptors (Lipinski definition) is 3. The molecule has 3 nitrogen and oxygen atoms in total. The molecule has 0 bridgehead atoms. The molecule has 1 heterocycles. The molecule has 0 saturated carbocycles. The van der Waals surface area contributed by atoms with E-state index in [1.807, 2.05) is 13.0 Å². The molecule has 0 spiro atoms. The highest BCUT2D eigenvalue weighted by atomic mass is 79.9. The van der Waals surface area contributed by atoms with Crippen molar-refractivity contribution in [2.24, 2.45) is 5.92 Å². The average molecular weight is 353 g/mol. The van der Waals surface area contributed by atoms with E-state index in [1.54, 1.807) is 13.3 Å². The maximum atomic E-state index is 10.1. The molecule has 0 saturated heterocycles. The lowest BCUT2D eigenvalue weighted by Crippen LogP contribution is -2.13. The quantitative estimate of drug-likeness (QED) is 0.883. The normalized spacial score (nSPS) is 14.8. The molecule has 0 fully saturated rings. The molecular formula is C11H15Br2NO2. The van der Waals surface area contributed by atoms with Gasteiger partial charge < -0.3 is 9.84 Å². The first-order valence-corrected chi connectivity index (χ1v) is 6.62. The van der Waals surface area contributed by atoms with Crippen molar-refractivity contribution in [1.82, 2.24) is 4.98 Å². The van der Waals surface area contributed by atoms with Crippen LogP contribution in [0.1, 0.15) is 25.1 Å². The van der Waals surface area contributed by atoms with Crippen LogP contribution in [0.15, 0.2) is 21.2 Å². The minimum absolute atomic E-state index is 0.116. The highest BCUT2D eigenvalue weighted by molar-refractivity contribution is 9.11. The smallest absolute Gasteiger partial charge is 0.0997 e. The van der Waals surface area contributed by atoms with Crippen molar-refractivity contribution in [2.45, 2.75) is 19.4 Å². The van der Waals surface area contributed by atoms with Gasteiger partial charge in [-0.25, -0.2) is 0 Å². The largest absolute Gasteiger partial charge is 0.386 e. The fourth-order valence-electron chi connectivity index (χ4n) is 1.37. The number of aromatic nitrogens is 1. The predicted octanol–water partition coefficient (Wildman–Crippen LogP) is 3.31. The van der Waals surface area contributed by atoms with Crippen molar-refractivity contribution >= 4 is 31.9 Å². The topological polar surface area (TPSA) is 42.4 Å². The number of hydrogen-bond donors (Lipinski definition) is 1. The van der Waals surface area contributed by atoms with Crippen LogP contribution in [-0.4, -0.2) is 23.8 Å². The minimum atomic E-state index is -0.572. The molecule has 1 N–H and O–H groups in total. The molecule has 1 aromatic heterocycles. The number of rotatable bonds is 5. The third-order valence-corrected chi connectivity index (χ3v) is 3.50. The predicted molar refractivity (Wildman–Crippen MR) is 70.3 cm³/mol. The molecule has 0 aromatic carbocycles. The van der Waals surface area contributed by atoms with Crippen LogP contribution in [0.3, 0.4) is 0 Å². The number of methoxy groups -OCH3 is 1. The summed E-state index contributed by atoms with van der Waals surface area (Å²) in [7, 11) is 1.66. The first kappa shape index (κ1) is 14.1. The van der Waals surface area contributed by atoms with Crippen LogP contribution in [0.5, 0.6) is 0 Å². The van der Waals surface area contributed by atoms with Gasteiger partial charge in [0.25, 0.3) is 0 Å². The van der Waals surface area contributed by atoms with Crippen molar-refractivity contribution < 1.29 is 9.84 Å². The van der Waals surface area contributed by atoms with Gasteiger partial charge in [0.05, 0.1) is 11.8 Å². The molecule has 1 aromatic rings. The van der Waals surface area contributed by atoms with Crippen LogP contribution in [-0.2, 0) is 4.74 Å². The van der Waals surface area contributed by atoms with Gasteiger partial charge in [-0.05, 0) is 50.3 Å². The van der Waals surface area contributed by atoms with Crippen molar-refractivity contribution in [2.75, 3.05) is 13.7 Å². The van der Waals surface area contributed by atoms with Crippen LogP contribution in [0.25, 0.3) is 0 Å². The Bertz CT molecular complexity index is 347. The zero-order valence-corrected chi connectivity index (χ0v) is 12.5. The van der Waals surface area contributed by atoms with E-state index in [0.29, 0.717) is 12.3 Å². The van der Waals surface area contributed by atoms with E-state index in [-0.39, 0.29) is 5.92 Å². The summed E-state index contributed by atoms with van der Waals surface area (Å²) in [5, 5.41) is 10.1. The van der Waals surface area contributed by atoms with Crippen LogP contribution in [0.4, 0.5) is 0 Å². The maximum Gasteiger partial charge on any atom is 0.0997 e. The third-order valence-electron chi connectivity index (χ3n) is 2.43. The van der Waals surface area contributed by atoms with Crippen molar-refractivity contribution in [3.8, 4) is 0 Å². The summed E-state index contributed by atoms with van der Waals surface area (Å²) in [6.07, 6.45) is 1.92. The van der Waals surface area contributed by atoms with E-state index < -0.39 is 6.10 Å². The van der Waals surface area contributed by atoms with Gasteiger partial charge in [0, 0.05) is 28.9 Å². The molecule has 0 amide bonds. The first-order chi connectivity index (χ1) is 7.56. The van der Waals surface area contributed by atoms with Gasteiger partial charge in [0.2, 0.25) is 0 Å². The van der Waals surface area contributed by atoms with E-state index in [2.05, 4.69) is 36.8 Å². The summed E-state index contributed by atoms with van der Waals surface area (Å²) in [5.41, 5.74) is 0.673. The Morgan fingerprint density at radius 3 is 2.75 bits per heavy atom. The van der Waals surface area contributed by atoms with Crippen LogP contribution in [0.2, 0.25) is 0 Å².